The van der Waals surface area contributed by atoms with Gasteiger partial charge in [0, 0.05) is 12.1 Å². The third kappa shape index (κ3) is 2.53. The molecule has 0 aliphatic carbocycles. The predicted octanol–water partition coefficient (Wildman–Crippen LogP) is 0.670. The summed E-state index contributed by atoms with van der Waals surface area (Å²) in [6, 6.07) is 1.23. The van der Waals surface area contributed by atoms with Gasteiger partial charge in [-0.15, -0.1) is 0 Å². The summed E-state index contributed by atoms with van der Waals surface area (Å²) < 4.78 is 29.9. The number of nitrogens with one attached hydrogen (secondary N) is 1. The molecule has 1 rings (SSSR count). The van der Waals surface area contributed by atoms with Crippen molar-refractivity contribution in [2.45, 2.75) is 31.8 Å². The zero-order chi connectivity index (χ0) is 10.1. The molecule has 0 unspecified atom stereocenters. The standard InChI is InChI=1S/C7H12N2O3S/c1-5(2)9-13(10,11)7-4-6(3)12-8-7/h4-5,9H,1-3H3. The maximum Gasteiger partial charge on any atom is 0.261 e. The van der Waals surface area contributed by atoms with Gasteiger partial charge in [-0.25, -0.2) is 13.1 Å². The Labute approximate surface area is 77.2 Å². The fourth-order valence-corrected chi connectivity index (χ4v) is 2.04. The number of aromatic nitrogens is 1. The van der Waals surface area contributed by atoms with Gasteiger partial charge in [0.05, 0.1) is 0 Å². The van der Waals surface area contributed by atoms with Crippen molar-refractivity contribution in [2.75, 3.05) is 0 Å². The largest absolute Gasteiger partial charge is 0.360 e. The second-order valence-corrected chi connectivity index (χ2v) is 4.71. The van der Waals surface area contributed by atoms with Gasteiger partial charge in [-0.1, -0.05) is 5.16 Å². The van der Waals surface area contributed by atoms with Crippen molar-refractivity contribution in [3.05, 3.63) is 11.8 Å². The highest BCUT2D eigenvalue weighted by Crippen LogP contribution is 2.08. The van der Waals surface area contributed by atoms with E-state index in [1.54, 1.807) is 20.8 Å². The molecule has 0 bridgehead atoms. The van der Waals surface area contributed by atoms with Crippen molar-refractivity contribution >= 4 is 10.0 Å². The highest BCUT2D eigenvalue weighted by Gasteiger charge is 2.19. The first kappa shape index (κ1) is 10.2. The molecule has 1 aromatic heterocycles. The number of hydrogen-bond acceptors (Lipinski definition) is 4. The first-order valence-electron chi connectivity index (χ1n) is 3.87. The van der Waals surface area contributed by atoms with Crippen molar-refractivity contribution in [2.24, 2.45) is 0 Å². The number of aryl methyl sites for hydroxylation is 1. The first-order chi connectivity index (χ1) is 5.92. The second-order valence-electron chi connectivity index (χ2n) is 3.05. The third-order valence-corrected chi connectivity index (χ3v) is 2.80. The molecule has 1 heterocycles. The average Bonchev–Trinajstić information content (AvgIpc) is 2.32. The lowest BCUT2D eigenvalue weighted by atomic mass is 10.4. The van der Waals surface area contributed by atoms with Crippen LogP contribution in [0.15, 0.2) is 15.6 Å². The van der Waals surface area contributed by atoms with Crippen LogP contribution >= 0.6 is 0 Å². The molecular weight excluding hydrogens is 192 g/mol. The second kappa shape index (κ2) is 3.47. The van der Waals surface area contributed by atoms with E-state index in [9.17, 15) is 8.42 Å². The Kier molecular flexibility index (Phi) is 2.72. The monoisotopic (exact) mass is 204 g/mol. The third-order valence-electron chi connectivity index (χ3n) is 1.27. The molecule has 5 nitrogen and oxygen atoms in total. The average molecular weight is 204 g/mol. The van der Waals surface area contributed by atoms with Crippen LogP contribution in [0.3, 0.4) is 0 Å². The van der Waals surface area contributed by atoms with Gasteiger partial charge in [-0.05, 0) is 20.8 Å². The van der Waals surface area contributed by atoms with E-state index in [0.717, 1.165) is 0 Å². The van der Waals surface area contributed by atoms with E-state index >= 15 is 0 Å². The molecule has 1 aromatic rings. The maximum atomic E-state index is 11.4. The van der Waals surface area contributed by atoms with Crippen LogP contribution in [-0.4, -0.2) is 19.6 Å². The van der Waals surface area contributed by atoms with Crippen LogP contribution < -0.4 is 4.72 Å². The summed E-state index contributed by atoms with van der Waals surface area (Å²) in [5.41, 5.74) is 0. The Bertz CT molecular complexity index is 380. The minimum atomic E-state index is -3.49. The normalized spacial score (nSPS) is 12.3. The Morgan fingerprint density at radius 1 is 1.54 bits per heavy atom. The molecule has 13 heavy (non-hydrogen) atoms. The summed E-state index contributed by atoms with van der Waals surface area (Å²) in [4.78, 5) is 0. The van der Waals surface area contributed by atoms with Crippen molar-refractivity contribution < 1.29 is 12.9 Å². The lowest BCUT2D eigenvalue weighted by Crippen LogP contribution is -2.30. The van der Waals surface area contributed by atoms with Crippen molar-refractivity contribution in [1.82, 2.24) is 9.88 Å². The van der Waals surface area contributed by atoms with E-state index < -0.39 is 10.0 Å². The molecular formula is C7H12N2O3S. The summed E-state index contributed by atoms with van der Waals surface area (Å²) >= 11 is 0. The van der Waals surface area contributed by atoms with Crippen LogP contribution in [0.5, 0.6) is 0 Å². The summed E-state index contributed by atoms with van der Waals surface area (Å²) in [5.74, 6) is 0.476. The fourth-order valence-electron chi connectivity index (χ4n) is 0.841. The van der Waals surface area contributed by atoms with Gasteiger partial charge < -0.3 is 4.52 Å². The van der Waals surface area contributed by atoms with Gasteiger partial charge in [0.1, 0.15) is 5.76 Å². The van der Waals surface area contributed by atoms with E-state index in [-0.39, 0.29) is 11.1 Å². The molecule has 0 amide bonds. The Hall–Kier alpha value is -0.880. The molecule has 0 spiro atoms. The van der Waals surface area contributed by atoms with Crippen LogP contribution in [0.25, 0.3) is 0 Å². The minimum Gasteiger partial charge on any atom is -0.360 e. The van der Waals surface area contributed by atoms with Gasteiger partial charge in [-0.2, -0.15) is 0 Å². The highest BCUT2D eigenvalue weighted by molar-refractivity contribution is 7.89. The van der Waals surface area contributed by atoms with E-state index in [2.05, 4.69) is 14.4 Å². The van der Waals surface area contributed by atoms with E-state index in [1.165, 1.54) is 6.07 Å². The number of hydrogen-bond donors (Lipinski definition) is 1. The molecule has 0 aliphatic heterocycles. The Morgan fingerprint density at radius 3 is 2.54 bits per heavy atom. The van der Waals surface area contributed by atoms with Crippen LogP contribution in [0.1, 0.15) is 19.6 Å². The SMILES string of the molecule is Cc1cc(S(=O)(=O)NC(C)C)no1. The van der Waals surface area contributed by atoms with Gasteiger partial charge >= 0.3 is 0 Å². The van der Waals surface area contributed by atoms with E-state index in [4.69, 9.17) is 0 Å². The summed E-state index contributed by atoms with van der Waals surface area (Å²) in [6.07, 6.45) is 0. The minimum absolute atomic E-state index is 0.0706. The molecule has 0 radical (unpaired) electrons. The van der Waals surface area contributed by atoms with Crippen molar-refractivity contribution in [1.29, 1.82) is 0 Å². The van der Waals surface area contributed by atoms with Gasteiger partial charge in [0.25, 0.3) is 10.0 Å². The Balaban J connectivity index is 2.95. The maximum absolute atomic E-state index is 11.4. The van der Waals surface area contributed by atoms with Crippen LogP contribution in [-0.2, 0) is 10.0 Å². The predicted molar refractivity (Wildman–Crippen MR) is 46.7 cm³/mol. The first-order valence-corrected chi connectivity index (χ1v) is 5.36. The molecule has 1 N–H and O–H groups in total. The lowest BCUT2D eigenvalue weighted by Gasteiger charge is -2.05. The number of rotatable bonds is 3. The quantitative estimate of drug-likeness (QED) is 0.785. The molecule has 0 aromatic carbocycles. The van der Waals surface area contributed by atoms with Crippen molar-refractivity contribution in [3.63, 3.8) is 0 Å². The van der Waals surface area contributed by atoms with E-state index in [0.29, 0.717) is 5.76 Å². The number of sulfonamides is 1. The summed E-state index contributed by atoms with van der Waals surface area (Å²) in [5, 5.41) is 3.34. The Morgan fingerprint density at radius 2 is 2.15 bits per heavy atom. The smallest absolute Gasteiger partial charge is 0.261 e. The fraction of sp³-hybridized carbons (Fsp3) is 0.571. The van der Waals surface area contributed by atoms with Gasteiger partial charge in [0.15, 0.2) is 0 Å². The summed E-state index contributed by atoms with van der Waals surface area (Å²) in [7, 11) is -3.49. The van der Waals surface area contributed by atoms with Crippen LogP contribution in [0.2, 0.25) is 0 Å². The van der Waals surface area contributed by atoms with Gasteiger partial charge in [0.2, 0.25) is 5.03 Å². The van der Waals surface area contributed by atoms with E-state index in [1.807, 2.05) is 0 Å². The molecule has 6 heteroatoms. The topological polar surface area (TPSA) is 72.2 Å². The molecule has 0 saturated carbocycles. The molecule has 0 fully saturated rings. The zero-order valence-corrected chi connectivity index (χ0v) is 8.55. The molecule has 0 atom stereocenters. The molecule has 0 aliphatic rings. The number of nitrogens with zero attached hydrogens (tertiary/aromatic N) is 1. The molecule has 74 valence electrons. The zero-order valence-electron chi connectivity index (χ0n) is 7.73. The highest BCUT2D eigenvalue weighted by atomic mass is 32.2. The lowest BCUT2D eigenvalue weighted by molar-refractivity contribution is 0.380. The van der Waals surface area contributed by atoms with Crippen LogP contribution in [0, 0.1) is 6.92 Å². The summed E-state index contributed by atoms with van der Waals surface area (Å²) in [6.45, 7) is 5.12. The molecule has 0 saturated heterocycles. The van der Waals surface area contributed by atoms with Gasteiger partial charge in [-0.3, -0.25) is 0 Å². The van der Waals surface area contributed by atoms with Crippen LogP contribution in [0.4, 0.5) is 0 Å². The van der Waals surface area contributed by atoms with Crippen molar-refractivity contribution in [3.8, 4) is 0 Å².